The summed E-state index contributed by atoms with van der Waals surface area (Å²) >= 11 is 1.80. The molecule has 4 heteroatoms. The quantitative estimate of drug-likeness (QED) is 0.894. The summed E-state index contributed by atoms with van der Waals surface area (Å²) in [6.07, 6.45) is 1.36. The SMILES string of the molecule is CNCc1cc(F)ccc1SC1CCOC1C. The molecule has 0 amide bonds. The number of ether oxygens (including phenoxy) is 1. The van der Waals surface area contributed by atoms with Crippen molar-refractivity contribution in [1.29, 1.82) is 0 Å². The van der Waals surface area contributed by atoms with E-state index in [0.717, 1.165) is 23.5 Å². The molecule has 2 nitrogen and oxygen atoms in total. The van der Waals surface area contributed by atoms with Crippen molar-refractivity contribution in [2.75, 3.05) is 13.7 Å². The van der Waals surface area contributed by atoms with Crippen molar-refractivity contribution >= 4 is 11.8 Å². The van der Waals surface area contributed by atoms with E-state index in [-0.39, 0.29) is 11.9 Å². The first-order valence-electron chi connectivity index (χ1n) is 5.92. The van der Waals surface area contributed by atoms with Crippen molar-refractivity contribution < 1.29 is 9.13 Å². The van der Waals surface area contributed by atoms with Crippen LogP contribution in [0.3, 0.4) is 0 Å². The van der Waals surface area contributed by atoms with Crippen molar-refractivity contribution in [3.05, 3.63) is 29.6 Å². The van der Waals surface area contributed by atoms with Crippen LogP contribution < -0.4 is 5.32 Å². The zero-order valence-corrected chi connectivity index (χ0v) is 11.0. The lowest BCUT2D eigenvalue weighted by molar-refractivity contribution is 0.127. The van der Waals surface area contributed by atoms with Gasteiger partial charge in [-0.05, 0) is 44.2 Å². The molecule has 0 bridgehead atoms. The van der Waals surface area contributed by atoms with Gasteiger partial charge in [-0.15, -0.1) is 11.8 Å². The molecule has 1 N–H and O–H groups in total. The molecule has 0 saturated carbocycles. The summed E-state index contributed by atoms with van der Waals surface area (Å²) in [6, 6.07) is 5.01. The molecular formula is C13H18FNOS. The van der Waals surface area contributed by atoms with Gasteiger partial charge in [0.2, 0.25) is 0 Å². The summed E-state index contributed by atoms with van der Waals surface area (Å²) in [6.45, 7) is 3.63. The van der Waals surface area contributed by atoms with Crippen molar-refractivity contribution in [3.63, 3.8) is 0 Å². The van der Waals surface area contributed by atoms with E-state index in [1.807, 2.05) is 13.1 Å². The van der Waals surface area contributed by atoms with E-state index in [9.17, 15) is 4.39 Å². The monoisotopic (exact) mass is 255 g/mol. The highest BCUT2D eigenvalue weighted by atomic mass is 32.2. The number of thioether (sulfide) groups is 1. The minimum Gasteiger partial charge on any atom is -0.377 e. The van der Waals surface area contributed by atoms with Gasteiger partial charge in [-0.3, -0.25) is 0 Å². The summed E-state index contributed by atoms with van der Waals surface area (Å²) in [7, 11) is 1.88. The van der Waals surface area contributed by atoms with Gasteiger partial charge in [0.1, 0.15) is 5.82 Å². The first-order valence-corrected chi connectivity index (χ1v) is 6.80. The van der Waals surface area contributed by atoms with Gasteiger partial charge in [0, 0.05) is 23.3 Å². The Hall–Kier alpha value is -0.580. The molecule has 94 valence electrons. The molecule has 1 heterocycles. The first kappa shape index (κ1) is 12.9. The number of benzene rings is 1. The molecule has 2 rings (SSSR count). The zero-order valence-electron chi connectivity index (χ0n) is 10.2. The van der Waals surface area contributed by atoms with Crippen LogP contribution in [0.15, 0.2) is 23.1 Å². The summed E-state index contributed by atoms with van der Waals surface area (Å²) in [5.74, 6) is -0.171. The normalized spacial score (nSPS) is 24.2. The van der Waals surface area contributed by atoms with Gasteiger partial charge in [0.25, 0.3) is 0 Å². The highest BCUT2D eigenvalue weighted by molar-refractivity contribution is 8.00. The van der Waals surface area contributed by atoms with Crippen molar-refractivity contribution in [2.24, 2.45) is 0 Å². The zero-order chi connectivity index (χ0) is 12.3. The van der Waals surface area contributed by atoms with Crippen LogP contribution in [0.1, 0.15) is 18.9 Å². The summed E-state index contributed by atoms with van der Waals surface area (Å²) < 4.78 is 18.7. The van der Waals surface area contributed by atoms with E-state index in [4.69, 9.17) is 4.74 Å². The summed E-state index contributed by atoms with van der Waals surface area (Å²) in [4.78, 5) is 1.16. The van der Waals surface area contributed by atoms with E-state index >= 15 is 0 Å². The minimum absolute atomic E-state index is 0.171. The van der Waals surface area contributed by atoms with Gasteiger partial charge in [-0.2, -0.15) is 0 Å². The maximum absolute atomic E-state index is 13.2. The lowest BCUT2D eigenvalue weighted by atomic mass is 10.2. The van der Waals surface area contributed by atoms with Gasteiger partial charge in [0.15, 0.2) is 0 Å². The Morgan fingerprint density at radius 2 is 2.35 bits per heavy atom. The third-order valence-corrected chi connectivity index (χ3v) is 4.55. The molecule has 1 fully saturated rings. The molecule has 1 aliphatic heterocycles. The van der Waals surface area contributed by atoms with Gasteiger partial charge >= 0.3 is 0 Å². The maximum Gasteiger partial charge on any atom is 0.123 e. The van der Waals surface area contributed by atoms with Crippen LogP contribution >= 0.6 is 11.8 Å². The van der Waals surface area contributed by atoms with Crippen LogP contribution in [0.5, 0.6) is 0 Å². The van der Waals surface area contributed by atoms with E-state index in [0.29, 0.717) is 11.8 Å². The van der Waals surface area contributed by atoms with Crippen LogP contribution in [0.4, 0.5) is 4.39 Å². The fourth-order valence-corrected chi connectivity index (χ4v) is 3.26. The molecule has 17 heavy (non-hydrogen) atoms. The van der Waals surface area contributed by atoms with Crippen LogP contribution in [0, 0.1) is 5.82 Å². The number of hydrogen-bond acceptors (Lipinski definition) is 3. The molecule has 0 aliphatic carbocycles. The second kappa shape index (κ2) is 5.85. The predicted molar refractivity (Wildman–Crippen MR) is 68.8 cm³/mol. The summed E-state index contributed by atoms with van der Waals surface area (Å²) in [5.41, 5.74) is 1.02. The van der Waals surface area contributed by atoms with Gasteiger partial charge < -0.3 is 10.1 Å². The maximum atomic E-state index is 13.2. The fraction of sp³-hybridized carbons (Fsp3) is 0.538. The standard InChI is InChI=1S/C13H18FNOS/c1-9-12(5-6-16-9)17-13-4-3-11(14)7-10(13)8-15-2/h3-4,7,9,12,15H,5-6,8H2,1-2H3. The van der Waals surface area contributed by atoms with E-state index < -0.39 is 0 Å². The lowest BCUT2D eigenvalue weighted by Crippen LogP contribution is -2.14. The highest BCUT2D eigenvalue weighted by Gasteiger charge is 2.25. The predicted octanol–water partition coefficient (Wildman–Crippen LogP) is 2.81. The lowest BCUT2D eigenvalue weighted by Gasteiger charge is -2.16. The molecule has 1 aromatic carbocycles. The molecule has 1 saturated heterocycles. The molecule has 1 aliphatic rings. The second-order valence-electron chi connectivity index (χ2n) is 4.30. The third kappa shape index (κ3) is 3.21. The van der Waals surface area contributed by atoms with E-state index in [2.05, 4.69) is 12.2 Å². The molecule has 2 unspecified atom stereocenters. The first-order chi connectivity index (χ1) is 8.20. The van der Waals surface area contributed by atoms with Crippen molar-refractivity contribution in [1.82, 2.24) is 5.32 Å². The van der Waals surface area contributed by atoms with Crippen LogP contribution in [0.2, 0.25) is 0 Å². The van der Waals surface area contributed by atoms with E-state index in [1.54, 1.807) is 17.8 Å². The van der Waals surface area contributed by atoms with E-state index in [1.165, 1.54) is 6.07 Å². The molecular weight excluding hydrogens is 237 g/mol. The minimum atomic E-state index is -0.171. The van der Waals surface area contributed by atoms with Gasteiger partial charge in [-0.25, -0.2) is 4.39 Å². The largest absolute Gasteiger partial charge is 0.377 e. The Bertz CT molecular complexity index is 386. The van der Waals surface area contributed by atoms with Crippen LogP contribution in [-0.2, 0) is 11.3 Å². The molecule has 0 spiro atoms. The Morgan fingerprint density at radius 1 is 1.53 bits per heavy atom. The van der Waals surface area contributed by atoms with Gasteiger partial charge in [-0.1, -0.05) is 0 Å². The number of hydrogen-bond donors (Lipinski definition) is 1. The number of halogens is 1. The highest BCUT2D eigenvalue weighted by Crippen LogP contribution is 2.34. The molecule has 1 aromatic rings. The topological polar surface area (TPSA) is 21.3 Å². The third-order valence-electron chi connectivity index (χ3n) is 2.97. The molecule has 0 radical (unpaired) electrons. The van der Waals surface area contributed by atoms with Crippen LogP contribution in [-0.4, -0.2) is 25.0 Å². The molecule has 0 aromatic heterocycles. The van der Waals surface area contributed by atoms with Crippen molar-refractivity contribution in [3.8, 4) is 0 Å². The Balaban J connectivity index is 2.13. The molecule has 2 atom stereocenters. The average molecular weight is 255 g/mol. The number of nitrogens with one attached hydrogen (secondary N) is 1. The Morgan fingerprint density at radius 3 is 3.00 bits per heavy atom. The van der Waals surface area contributed by atoms with Crippen molar-refractivity contribution in [2.45, 2.75) is 36.1 Å². The second-order valence-corrected chi connectivity index (χ2v) is 5.58. The fourth-order valence-electron chi connectivity index (χ4n) is 2.02. The van der Waals surface area contributed by atoms with Gasteiger partial charge in [0.05, 0.1) is 6.10 Å². The van der Waals surface area contributed by atoms with Crippen LogP contribution in [0.25, 0.3) is 0 Å². The Labute approximate surface area is 106 Å². The average Bonchev–Trinajstić information content (AvgIpc) is 2.69. The smallest absolute Gasteiger partial charge is 0.123 e. The Kier molecular flexibility index (Phi) is 4.42. The number of rotatable bonds is 4. The summed E-state index contributed by atoms with van der Waals surface area (Å²) in [5, 5.41) is 3.56.